The van der Waals surface area contributed by atoms with Gasteiger partial charge in [-0.1, -0.05) is 29.3 Å². The highest BCUT2D eigenvalue weighted by atomic mass is 35.5. The van der Waals surface area contributed by atoms with Crippen LogP contribution >= 0.6 is 11.6 Å². The maximum Gasteiger partial charge on any atom is 0.326 e. The lowest BCUT2D eigenvalue weighted by Crippen LogP contribution is -2.42. The number of nitrogens with zero attached hydrogens (tertiary/aromatic N) is 2. The lowest BCUT2D eigenvalue weighted by Gasteiger charge is -2.33. The van der Waals surface area contributed by atoms with Crippen molar-refractivity contribution in [2.24, 2.45) is 0 Å². The molecular formula is C22H26ClN3O3. The van der Waals surface area contributed by atoms with Crippen LogP contribution in [0.4, 0.5) is 0 Å². The molecule has 29 heavy (non-hydrogen) atoms. The number of aliphatic hydroxyl groups is 1. The fourth-order valence-corrected chi connectivity index (χ4v) is 4.18. The molecule has 2 N–H and O–H groups in total. The van der Waals surface area contributed by atoms with E-state index in [1.807, 2.05) is 47.9 Å². The summed E-state index contributed by atoms with van der Waals surface area (Å²) in [5.41, 5.74) is 2.75. The van der Waals surface area contributed by atoms with E-state index in [0.29, 0.717) is 11.6 Å². The number of benzene rings is 2. The Labute approximate surface area is 174 Å². The first-order chi connectivity index (χ1) is 14.0. The molecular weight excluding hydrogens is 390 g/mol. The van der Waals surface area contributed by atoms with Crippen LogP contribution in [0, 0.1) is 6.92 Å². The summed E-state index contributed by atoms with van der Waals surface area (Å²) in [4.78, 5) is 17.6. The minimum absolute atomic E-state index is 0.0905. The molecule has 2 heterocycles. The van der Waals surface area contributed by atoms with Gasteiger partial charge in [0.1, 0.15) is 18.5 Å². The van der Waals surface area contributed by atoms with Gasteiger partial charge in [0.15, 0.2) is 0 Å². The van der Waals surface area contributed by atoms with Gasteiger partial charge >= 0.3 is 5.69 Å². The number of aromatic nitrogens is 2. The highest BCUT2D eigenvalue weighted by Crippen LogP contribution is 2.26. The van der Waals surface area contributed by atoms with E-state index in [9.17, 15) is 9.90 Å². The van der Waals surface area contributed by atoms with Crippen LogP contribution in [-0.4, -0.2) is 51.9 Å². The number of halogens is 1. The average molecular weight is 416 g/mol. The molecule has 0 radical (unpaired) electrons. The summed E-state index contributed by atoms with van der Waals surface area (Å²) >= 11 is 6.03. The number of imidazole rings is 1. The number of H-pyrrole nitrogens is 1. The topological polar surface area (TPSA) is 70.5 Å². The van der Waals surface area contributed by atoms with Gasteiger partial charge in [0.2, 0.25) is 0 Å². The van der Waals surface area contributed by atoms with Crippen LogP contribution in [0.25, 0.3) is 11.0 Å². The molecule has 1 atom stereocenters. The van der Waals surface area contributed by atoms with Crippen LogP contribution in [-0.2, 0) is 0 Å². The molecule has 3 aromatic rings. The van der Waals surface area contributed by atoms with Crippen molar-refractivity contribution in [1.29, 1.82) is 0 Å². The predicted molar refractivity (Wildman–Crippen MR) is 115 cm³/mol. The Morgan fingerprint density at radius 2 is 1.93 bits per heavy atom. The molecule has 0 aliphatic carbocycles. The van der Waals surface area contributed by atoms with Crippen molar-refractivity contribution in [3.63, 3.8) is 0 Å². The third-order valence-electron chi connectivity index (χ3n) is 5.53. The quantitative estimate of drug-likeness (QED) is 0.647. The molecule has 1 saturated heterocycles. The number of hydrogen-bond donors (Lipinski definition) is 2. The number of rotatable bonds is 6. The number of aryl methyl sites for hydroxylation is 1. The Balaban J connectivity index is 1.31. The van der Waals surface area contributed by atoms with Crippen molar-refractivity contribution in [1.82, 2.24) is 14.5 Å². The molecule has 1 unspecified atom stereocenters. The van der Waals surface area contributed by atoms with Gasteiger partial charge in [-0.05, 0) is 50.1 Å². The molecule has 6 nitrogen and oxygen atoms in total. The van der Waals surface area contributed by atoms with Crippen LogP contribution in [0.5, 0.6) is 5.75 Å². The van der Waals surface area contributed by atoms with E-state index in [1.54, 1.807) is 6.07 Å². The molecule has 1 aromatic heterocycles. The van der Waals surface area contributed by atoms with Crippen molar-refractivity contribution < 1.29 is 9.84 Å². The van der Waals surface area contributed by atoms with Gasteiger partial charge in [-0.3, -0.25) is 4.57 Å². The molecule has 2 aromatic carbocycles. The Hall–Kier alpha value is -2.28. The van der Waals surface area contributed by atoms with Crippen LogP contribution in [0.2, 0.25) is 5.02 Å². The van der Waals surface area contributed by atoms with Gasteiger partial charge in [0, 0.05) is 30.7 Å². The second-order valence-electron chi connectivity index (χ2n) is 7.77. The van der Waals surface area contributed by atoms with Gasteiger partial charge < -0.3 is 19.7 Å². The van der Waals surface area contributed by atoms with E-state index in [4.69, 9.17) is 16.3 Å². The van der Waals surface area contributed by atoms with Crippen molar-refractivity contribution >= 4 is 22.6 Å². The maximum absolute atomic E-state index is 12.4. The fraction of sp³-hybridized carbons (Fsp3) is 0.409. The van der Waals surface area contributed by atoms with Gasteiger partial charge in [-0.25, -0.2) is 4.79 Å². The van der Waals surface area contributed by atoms with E-state index in [1.165, 1.54) is 5.56 Å². The highest BCUT2D eigenvalue weighted by Gasteiger charge is 2.25. The smallest absolute Gasteiger partial charge is 0.326 e. The van der Waals surface area contributed by atoms with E-state index in [-0.39, 0.29) is 18.3 Å². The number of likely N-dealkylation sites (tertiary alicyclic amines) is 1. The van der Waals surface area contributed by atoms with E-state index < -0.39 is 6.10 Å². The van der Waals surface area contributed by atoms with Crippen LogP contribution in [0.3, 0.4) is 0 Å². The zero-order chi connectivity index (χ0) is 20.4. The lowest BCUT2D eigenvalue weighted by molar-refractivity contribution is 0.0559. The van der Waals surface area contributed by atoms with Crippen molar-refractivity contribution in [3.8, 4) is 5.75 Å². The number of piperidine rings is 1. The second kappa shape index (κ2) is 8.61. The summed E-state index contributed by atoms with van der Waals surface area (Å²) in [5, 5.41) is 11.0. The van der Waals surface area contributed by atoms with Crippen LogP contribution in [0.1, 0.15) is 24.4 Å². The summed E-state index contributed by atoms with van der Waals surface area (Å²) in [6.07, 6.45) is 1.17. The van der Waals surface area contributed by atoms with Gasteiger partial charge in [-0.15, -0.1) is 0 Å². The summed E-state index contributed by atoms with van der Waals surface area (Å²) in [7, 11) is 0. The third-order valence-corrected chi connectivity index (χ3v) is 5.77. The molecule has 4 rings (SSSR count). The van der Waals surface area contributed by atoms with Crippen molar-refractivity contribution in [2.45, 2.75) is 31.9 Å². The molecule has 0 bridgehead atoms. The second-order valence-corrected chi connectivity index (χ2v) is 8.21. The first kappa shape index (κ1) is 20.0. The van der Waals surface area contributed by atoms with Crippen molar-refractivity contribution in [2.75, 3.05) is 26.2 Å². The first-order valence-electron chi connectivity index (χ1n) is 9.99. The number of nitrogens with one attached hydrogen (secondary N) is 1. The summed E-state index contributed by atoms with van der Waals surface area (Å²) in [6, 6.07) is 13.5. The van der Waals surface area contributed by atoms with Crippen molar-refractivity contribution in [3.05, 3.63) is 63.5 Å². The first-order valence-corrected chi connectivity index (χ1v) is 10.4. The molecule has 0 amide bonds. The molecule has 1 aliphatic heterocycles. The molecule has 1 aliphatic rings. The summed E-state index contributed by atoms with van der Waals surface area (Å²) in [5.74, 6) is 0.771. The van der Waals surface area contributed by atoms with Crippen LogP contribution in [0.15, 0.2) is 47.3 Å². The Kier molecular flexibility index (Phi) is 5.94. The van der Waals surface area contributed by atoms with E-state index in [0.717, 1.165) is 42.7 Å². The number of aliphatic hydroxyl groups excluding tert-OH is 1. The summed E-state index contributed by atoms with van der Waals surface area (Å²) < 4.78 is 7.53. The number of hydrogen-bond acceptors (Lipinski definition) is 4. The fourth-order valence-electron chi connectivity index (χ4n) is 4.00. The maximum atomic E-state index is 12.4. The largest absolute Gasteiger partial charge is 0.491 e. The van der Waals surface area contributed by atoms with Crippen LogP contribution < -0.4 is 10.4 Å². The monoisotopic (exact) mass is 415 g/mol. The van der Waals surface area contributed by atoms with Gasteiger partial charge in [0.05, 0.1) is 11.0 Å². The molecule has 154 valence electrons. The minimum atomic E-state index is -0.550. The predicted octanol–water partition coefficient (Wildman–Crippen LogP) is 3.37. The summed E-state index contributed by atoms with van der Waals surface area (Å²) in [6.45, 7) is 4.53. The minimum Gasteiger partial charge on any atom is -0.491 e. The van der Waals surface area contributed by atoms with Gasteiger partial charge in [0.25, 0.3) is 0 Å². The third kappa shape index (κ3) is 4.66. The zero-order valence-corrected chi connectivity index (χ0v) is 17.2. The average Bonchev–Trinajstić information content (AvgIpc) is 3.03. The Morgan fingerprint density at radius 3 is 2.66 bits per heavy atom. The number of ether oxygens (including phenoxy) is 1. The molecule has 0 spiro atoms. The molecule has 7 heteroatoms. The number of β-amino-alcohol motifs (C(OH)–C–C–N with tert-alkyl or cyclic N) is 1. The Morgan fingerprint density at radius 1 is 1.21 bits per heavy atom. The Bertz CT molecular complexity index is 1020. The molecule has 0 saturated carbocycles. The highest BCUT2D eigenvalue weighted by molar-refractivity contribution is 6.31. The standard InChI is InChI=1S/C22H26ClN3O3/c1-15-2-5-19(6-3-15)29-14-18(27)13-25-10-8-17(9-11-25)26-21-7-4-16(23)12-20(21)24-22(26)28/h2-7,12,17-18,27H,8-11,13-14H2,1H3,(H,24,28). The SMILES string of the molecule is Cc1ccc(OCC(O)CN2CCC(n3c(=O)[nH]c4cc(Cl)ccc43)CC2)cc1. The van der Waals surface area contributed by atoms with E-state index in [2.05, 4.69) is 9.88 Å². The molecule has 1 fully saturated rings. The van der Waals surface area contributed by atoms with Gasteiger partial charge in [-0.2, -0.15) is 0 Å². The number of aromatic amines is 1. The normalized spacial score (nSPS) is 16.9. The lowest BCUT2D eigenvalue weighted by atomic mass is 10.0. The van der Waals surface area contributed by atoms with E-state index >= 15 is 0 Å². The zero-order valence-electron chi connectivity index (χ0n) is 16.5. The number of fused-ring (bicyclic) bond motifs is 1.